The van der Waals surface area contributed by atoms with Gasteiger partial charge in [0.1, 0.15) is 28.8 Å². The van der Waals surface area contributed by atoms with Crippen LogP contribution in [0, 0.1) is 0 Å². The number of carbonyl (C=O) groups excluding carboxylic acids is 3. The van der Waals surface area contributed by atoms with Crippen molar-refractivity contribution in [3.63, 3.8) is 0 Å². The number of phenolic OH excluding ortho intramolecular Hbond substituents is 4. The fourth-order valence-electron chi connectivity index (χ4n) is 6.26. The Bertz CT molecular complexity index is 2860. The van der Waals surface area contributed by atoms with Crippen molar-refractivity contribution in [2.75, 3.05) is 0 Å². The number of nitrogens with one attached hydrogen (secondary N) is 1. The van der Waals surface area contributed by atoms with Crippen LogP contribution >= 0.6 is 63.7 Å². The van der Waals surface area contributed by atoms with E-state index in [9.17, 15) is 24.6 Å². The Kier molecular flexibility index (Phi) is 14.3. The summed E-state index contributed by atoms with van der Waals surface area (Å²) >= 11 is 13.9. The number of aromatic hydroxyl groups is 4. The molecule has 9 rings (SSSR count). The van der Waals surface area contributed by atoms with Crippen molar-refractivity contribution in [2.24, 2.45) is 0 Å². The largest absolute Gasteiger partial charge is 0.508 e. The molecule has 1 aliphatic carbocycles. The molecule has 7 aromatic carbocycles. The number of carboxylic acid groups (broad SMARTS) is 1. The molecular weight excluding hydrogens is 1030 g/mol. The highest BCUT2D eigenvalue weighted by Gasteiger charge is 2.30. The summed E-state index contributed by atoms with van der Waals surface area (Å²) in [5.74, 6) is -1.41. The van der Waals surface area contributed by atoms with Crippen LogP contribution in [0.5, 0.6) is 23.0 Å². The lowest BCUT2D eigenvalue weighted by Crippen LogP contribution is -2.21. The average molecular weight is 1060 g/mol. The van der Waals surface area contributed by atoms with Gasteiger partial charge in [0.05, 0.1) is 22.2 Å². The van der Waals surface area contributed by atoms with Gasteiger partial charge < -0.3 is 30.5 Å². The van der Waals surface area contributed by atoms with Crippen LogP contribution in [0.2, 0.25) is 0 Å². The van der Waals surface area contributed by atoms with Crippen LogP contribution in [0.4, 0.5) is 0 Å². The highest BCUT2D eigenvalue weighted by atomic mass is 79.9. The predicted molar refractivity (Wildman–Crippen MR) is 246 cm³/mol. The molecule has 0 radical (unpaired) electrons. The van der Waals surface area contributed by atoms with Crippen molar-refractivity contribution >= 4 is 120 Å². The van der Waals surface area contributed by atoms with Gasteiger partial charge in [0.15, 0.2) is 6.29 Å². The van der Waals surface area contributed by atoms with E-state index in [-0.39, 0.29) is 36.0 Å². The van der Waals surface area contributed by atoms with Crippen LogP contribution in [-0.2, 0) is 4.79 Å². The van der Waals surface area contributed by atoms with E-state index in [2.05, 4.69) is 86.9 Å². The Hall–Kier alpha value is -5.87. The molecule has 0 aliphatic heterocycles. The third-order valence-corrected chi connectivity index (χ3v) is 10.8. The van der Waals surface area contributed by atoms with E-state index in [0.29, 0.717) is 28.8 Å². The van der Waals surface area contributed by atoms with Gasteiger partial charge in [0.2, 0.25) is 11.6 Å². The smallest absolute Gasteiger partial charge is 0.300 e. The number of fused-ring (bicyclic) bond motifs is 9. The molecule has 1 heterocycles. The first-order chi connectivity index (χ1) is 28.1. The number of halogens is 4. The summed E-state index contributed by atoms with van der Waals surface area (Å²) in [6, 6.07) is 31.2. The van der Waals surface area contributed by atoms with Gasteiger partial charge in [0.25, 0.3) is 5.97 Å². The number of carbonyl (C=O) groups is 4. The minimum Gasteiger partial charge on any atom is -0.508 e. The van der Waals surface area contributed by atoms with Gasteiger partial charge in [-0.1, -0.05) is 83.3 Å². The second-order valence-corrected chi connectivity index (χ2v) is 16.5. The summed E-state index contributed by atoms with van der Waals surface area (Å²) < 4.78 is 3.78. The summed E-state index contributed by atoms with van der Waals surface area (Å²) in [5.41, 5.74) is 5.00. The zero-order valence-corrected chi connectivity index (χ0v) is 36.6. The van der Waals surface area contributed by atoms with Crippen LogP contribution in [0.1, 0.15) is 45.4 Å². The summed E-state index contributed by atoms with van der Waals surface area (Å²) in [6.45, 7) is 1.08. The Balaban J connectivity index is 0.000000178. The normalized spacial score (nSPS) is 11.2. The third kappa shape index (κ3) is 9.77. The van der Waals surface area contributed by atoms with Crippen LogP contribution in [-0.4, -0.2) is 59.3 Å². The van der Waals surface area contributed by atoms with Gasteiger partial charge in [-0.05, 0) is 107 Å². The first-order valence-electron chi connectivity index (χ1n) is 17.1. The molecule has 1 aliphatic rings. The number of benzene rings is 7. The molecule has 0 unspecified atom stereocenters. The molecule has 0 saturated heterocycles. The van der Waals surface area contributed by atoms with E-state index < -0.39 is 17.5 Å². The van der Waals surface area contributed by atoms with Gasteiger partial charge in [-0.2, -0.15) is 0 Å². The molecule has 1 aromatic heterocycles. The number of H-pyrrole nitrogens is 1. The number of aliphatic carboxylic acids is 1. The summed E-state index contributed by atoms with van der Waals surface area (Å²) in [4.78, 5) is 51.2. The monoisotopic (exact) mass is 1060 g/mol. The number of aldehydes is 1. The van der Waals surface area contributed by atoms with Crippen LogP contribution in [0.25, 0.3) is 55.1 Å². The second-order valence-electron chi connectivity index (χ2n) is 12.8. The Morgan fingerprint density at radius 2 is 1.00 bits per heavy atom. The first-order valence-corrected chi connectivity index (χ1v) is 20.3. The van der Waals surface area contributed by atoms with Crippen LogP contribution in [0.3, 0.4) is 0 Å². The minimum atomic E-state index is -0.833. The Morgan fingerprint density at radius 3 is 1.50 bits per heavy atom. The molecule has 11 nitrogen and oxygen atoms in total. The van der Waals surface area contributed by atoms with E-state index in [0.717, 1.165) is 74.6 Å². The van der Waals surface area contributed by atoms with Crippen LogP contribution < -0.4 is 0 Å². The summed E-state index contributed by atoms with van der Waals surface area (Å²) in [6.07, 6.45) is 0.523. The lowest BCUT2D eigenvalue weighted by Gasteiger charge is -2.18. The number of aromatic nitrogens is 2. The predicted octanol–water partition coefficient (Wildman–Crippen LogP) is 12.4. The lowest BCUT2D eigenvalue weighted by atomic mass is 9.84. The average Bonchev–Trinajstić information content (AvgIpc) is 3.62. The van der Waals surface area contributed by atoms with E-state index in [1.165, 1.54) is 24.3 Å². The highest BCUT2D eigenvalue weighted by Crippen LogP contribution is 2.40. The fourth-order valence-corrected chi connectivity index (χ4v) is 7.71. The Morgan fingerprint density at radius 1 is 0.567 bits per heavy atom. The maximum absolute atomic E-state index is 12.0. The number of imidazole rings is 1. The van der Waals surface area contributed by atoms with Crippen molar-refractivity contribution < 1.29 is 44.7 Å². The van der Waals surface area contributed by atoms with E-state index in [1.807, 2.05) is 30.3 Å². The van der Waals surface area contributed by atoms with Gasteiger partial charge in [0, 0.05) is 58.8 Å². The van der Waals surface area contributed by atoms with Crippen LogP contribution in [0.15, 0.2) is 127 Å². The first kappa shape index (κ1) is 45.2. The maximum Gasteiger partial charge on any atom is 0.300 e. The van der Waals surface area contributed by atoms with E-state index in [4.69, 9.17) is 25.1 Å². The van der Waals surface area contributed by atoms with Gasteiger partial charge >= 0.3 is 0 Å². The van der Waals surface area contributed by atoms with E-state index in [1.54, 1.807) is 30.3 Å². The quantitative estimate of drug-likeness (QED) is 0.0550. The molecule has 15 heteroatoms. The third-order valence-electron chi connectivity index (χ3n) is 8.81. The fraction of sp³-hybridized carbons (Fsp3) is 0.0444. The number of ketones is 2. The van der Waals surface area contributed by atoms with Gasteiger partial charge in [-0.25, -0.2) is 4.98 Å². The number of hydrogen-bond acceptors (Lipinski definition) is 9. The number of phenols is 4. The Labute approximate surface area is 375 Å². The van der Waals surface area contributed by atoms with Gasteiger partial charge in [-0.3, -0.25) is 19.2 Å². The minimum absolute atomic E-state index is 0. The maximum atomic E-state index is 12.0. The van der Waals surface area contributed by atoms with E-state index >= 15 is 0 Å². The van der Waals surface area contributed by atoms with Crippen molar-refractivity contribution in [3.8, 4) is 45.5 Å². The summed E-state index contributed by atoms with van der Waals surface area (Å²) in [7, 11) is 0. The van der Waals surface area contributed by atoms with Gasteiger partial charge in [-0.15, -0.1) is 0 Å². The highest BCUT2D eigenvalue weighted by molar-refractivity contribution is 9.11. The van der Waals surface area contributed by atoms with Crippen molar-refractivity contribution in [2.45, 2.75) is 14.4 Å². The molecule has 0 fully saturated rings. The number of nitrogens with zero attached hydrogens (tertiary/aromatic N) is 1. The number of carboxylic acids is 1. The number of aromatic amines is 1. The topological polar surface area (TPSA) is 198 Å². The lowest BCUT2D eigenvalue weighted by molar-refractivity contribution is -0.134. The summed E-state index contributed by atoms with van der Waals surface area (Å²) in [5, 5.41) is 49.2. The molecule has 0 spiro atoms. The molecule has 8 aromatic rings. The molecule has 0 atom stereocenters. The molecule has 0 saturated carbocycles. The zero-order valence-electron chi connectivity index (χ0n) is 30.3. The SMILES string of the molecule is C.CC(=O)O.O=C1C(=O)c2ccc(Br)cc2-c2cc(Br)ccc21.O=Cc1ccc(O)cc1O.Oc1ccc(-c2nc3c4ccc(Br)cc4c4cc(Br)ccc4c3[nH]2)c(O)c1. The molecule has 6 N–H and O–H groups in total. The van der Waals surface area contributed by atoms with Crippen molar-refractivity contribution in [1.29, 1.82) is 0 Å². The molecule has 60 heavy (non-hydrogen) atoms. The van der Waals surface area contributed by atoms with Crippen molar-refractivity contribution in [3.05, 3.63) is 144 Å². The molecule has 0 amide bonds. The second kappa shape index (κ2) is 19.0. The molecule has 0 bridgehead atoms. The number of Topliss-reactive ketones (excluding diaryl/α,β-unsaturated/α-hetero) is 2. The molecular formula is C45H32Br4N2O9. The molecule has 304 valence electrons. The van der Waals surface area contributed by atoms with Crippen molar-refractivity contribution in [1.82, 2.24) is 9.97 Å². The standard InChI is InChI=1S/C21H12Br2N2O2.C14H6Br2O2.C7H6O3.C2H4O2.CH4/c22-10-1-4-13-16(7-10)17-8-11(23)2-5-14(17)20-19(13)24-21(25-20)15-6-3-12(26)9-18(15)27;15-7-1-3-9-11(5-7)12-6-8(16)2-4-10(12)14(18)13(9)17;8-4-5-1-2-6(9)3-7(5)10;1-2(3)4;/h1-9,26-27H,(H,24,25);1-6H;1-4,9-10H;1H3,(H,3,4);1H4. The number of hydrogen-bond donors (Lipinski definition) is 6. The number of rotatable bonds is 2. The zero-order chi connectivity index (χ0) is 42.7.